The Kier molecular flexibility index (Phi) is 4.57. The van der Waals surface area contributed by atoms with Gasteiger partial charge in [0.2, 0.25) is 0 Å². The van der Waals surface area contributed by atoms with Crippen molar-refractivity contribution in [2.24, 2.45) is 0 Å². The van der Waals surface area contributed by atoms with E-state index in [1.165, 1.54) is 17.4 Å². The molecule has 0 fully saturated rings. The molecular formula is C14H16N2O3S. The van der Waals surface area contributed by atoms with Gasteiger partial charge in [-0.25, -0.2) is 4.79 Å². The smallest absolute Gasteiger partial charge is 0.336 e. The molecule has 2 aromatic heterocycles. The lowest BCUT2D eigenvalue weighted by atomic mass is 10.3. The van der Waals surface area contributed by atoms with E-state index < -0.39 is 5.97 Å². The summed E-state index contributed by atoms with van der Waals surface area (Å²) in [6.07, 6.45) is 2.69. The van der Waals surface area contributed by atoms with Crippen molar-refractivity contribution in [2.45, 2.75) is 26.4 Å². The van der Waals surface area contributed by atoms with E-state index in [-0.39, 0.29) is 5.56 Å². The van der Waals surface area contributed by atoms with Gasteiger partial charge in [-0.15, -0.1) is 11.3 Å². The highest BCUT2D eigenvalue weighted by molar-refractivity contribution is 7.10. The molecular weight excluding hydrogens is 276 g/mol. The van der Waals surface area contributed by atoms with Gasteiger partial charge < -0.3 is 15.0 Å². The number of hydrogen-bond acceptors (Lipinski definition) is 4. The molecule has 0 aromatic carbocycles. The summed E-state index contributed by atoms with van der Waals surface area (Å²) in [5.74, 6) is -0.913. The summed E-state index contributed by atoms with van der Waals surface area (Å²) in [7, 11) is 0. The number of aryl methyl sites for hydroxylation is 1. The molecule has 0 spiro atoms. The second kappa shape index (κ2) is 6.38. The fraction of sp³-hybridized carbons (Fsp3) is 0.286. The Morgan fingerprint density at radius 2 is 2.25 bits per heavy atom. The van der Waals surface area contributed by atoms with E-state index in [0.717, 1.165) is 17.0 Å². The van der Waals surface area contributed by atoms with Crippen LogP contribution in [-0.4, -0.2) is 15.6 Å². The summed E-state index contributed by atoms with van der Waals surface area (Å²) in [5.41, 5.74) is 1.15. The summed E-state index contributed by atoms with van der Waals surface area (Å²) in [6.45, 7) is 3.25. The number of nitrogens with zero attached hydrogens (tertiary/aromatic N) is 1. The molecule has 0 saturated carbocycles. The maximum atomic E-state index is 11.6. The number of nitrogens with one attached hydrogen (secondary N) is 1. The van der Waals surface area contributed by atoms with Gasteiger partial charge >= 0.3 is 5.97 Å². The first-order valence-corrected chi connectivity index (χ1v) is 7.23. The van der Waals surface area contributed by atoms with Crippen LogP contribution in [0.3, 0.4) is 0 Å². The van der Waals surface area contributed by atoms with Crippen LogP contribution in [0.2, 0.25) is 0 Å². The van der Waals surface area contributed by atoms with Gasteiger partial charge in [0.05, 0.1) is 11.3 Å². The second-order valence-electron chi connectivity index (χ2n) is 4.41. The highest BCUT2D eigenvalue weighted by Gasteiger charge is 2.06. The number of aromatic nitrogens is 1. The van der Waals surface area contributed by atoms with Gasteiger partial charge in [0.1, 0.15) is 0 Å². The average Bonchev–Trinajstić information content (AvgIpc) is 2.89. The van der Waals surface area contributed by atoms with E-state index in [4.69, 9.17) is 5.11 Å². The predicted octanol–water partition coefficient (Wildman–Crippen LogP) is 2.63. The molecule has 20 heavy (non-hydrogen) atoms. The fourth-order valence-electron chi connectivity index (χ4n) is 1.83. The van der Waals surface area contributed by atoms with Gasteiger partial charge in [-0.05, 0) is 18.6 Å². The van der Waals surface area contributed by atoms with E-state index in [1.54, 1.807) is 28.3 Å². The van der Waals surface area contributed by atoms with Crippen molar-refractivity contribution >= 4 is 23.0 Å². The number of pyridine rings is 1. The Morgan fingerprint density at radius 1 is 1.45 bits per heavy atom. The molecule has 2 N–H and O–H groups in total. The van der Waals surface area contributed by atoms with Crippen LogP contribution in [-0.2, 0) is 13.1 Å². The third-order valence-electron chi connectivity index (χ3n) is 2.82. The molecule has 0 aliphatic heterocycles. The Balaban J connectivity index is 2.04. The maximum Gasteiger partial charge on any atom is 0.336 e. The van der Waals surface area contributed by atoms with Crippen molar-refractivity contribution in [1.82, 2.24) is 4.57 Å². The third kappa shape index (κ3) is 3.48. The molecule has 0 aliphatic carbocycles. The molecule has 2 aromatic rings. The van der Waals surface area contributed by atoms with Crippen LogP contribution < -0.4 is 10.9 Å². The van der Waals surface area contributed by atoms with Crippen molar-refractivity contribution in [2.75, 3.05) is 5.32 Å². The van der Waals surface area contributed by atoms with Crippen LogP contribution in [0.1, 0.15) is 28.6 Å². The van der Waals surface area contributed by atoms with Crippen LogP contribution >= 0.6 is 11.3 Å². The molecule has 106 valence electrons. The van der Waals surface area contributed by atoms with E-state index in [0.29, 0.717) is 18.7 Å². The van der Waals surface area contributed by atoms with E-state index >= 15 is 0 Å². The number of carbonyl (C=O) groups is 1. The fourth-order valence-corrected chi connectivity index (χ4v) is 2.62. The van der Waals surface area contributed by atoms with Crippen LogP contribution in [0, 0.1) is 0 Å². The Hall–Kier alpha value is -2.08. The molecule has 0 aliphatic rings. The zero-order valence-electron chi connectivity index (χ0n) is 11.1. The predicted molar refractivity (Wildman–Crippen MR) is 79.6 cm³/mol. The topological polar surface area (TPSA) is 71.3 Å². The molecule has 6 heteroatoms. The van der Waals surface area contributed by atoms with Crippen molar-refractivity contribution in [3.8, 4) is 0 Å². The maximum absolute atomic E-state index is 11.6. The van der Waals surface area contributed by atoms with Crippen LogP contribution in [0.5, 0.6) is 0 Å². The summed E-state index contributed by atoms with van der Waals surface area (Å²) in [6, 6.07) is 4.93. The monoisotopic (exact) mass is 292 g/mol. The zero-order valence-corrected chi connectivity index (χ0v) is 11.9. The molecule has 0 unspecified atom stereocenters. The van der Waals surface area contributed by atoms with Crippen molar-refractivity contribution in [1.29, 1.82) is 0 Å². The van der Waals surface area contributed by atoms with Crippen LogP contribution in [0.15, 0.2) is 34.6 Å². The molecule has 2 heterocycles. The van der Waals surface area contributed by atoms with Gasteiger partial charge in [-0.3, -0.25) is 4.79 Å². The van der Waals surface area contributed by atoms with E-state index in [2.05, 4.69) is 5.32 Å². The summed E-state index contributed by atoms with van der Waals surface area (Å²) in [4.78, 5) is 23.3. The van der Waals surface area contributed by atoms with Crippen LogP contribution in [0.4, 0.5) is 5.69 Å². The van der Waals surface area contributed by atoms with Crippen LogP contribution in [0.25, 0.3) is 0 Å². The second-order valence-corrected chi connectivity index (χ2v) is 5.41. The van der Waals surface area contributed by atoms with Gasteiger partial charge in [-0.2, -0.15) is 0 Å². The van der Waals surface area contributed by atoms with Gasteiger partial charge in [0, 0.05) is 35.6 Å². The zero-order chi connectivity index (χ0) is 14.5. The van der Waals surface area contributed by atoms with E-state index in [1.807, 2.05) is 6.92 Å². The highest BCUT2D eigenvalue weighted by Crippen LogP contribution is 2.16. The Morgan fingerprint density at radius 3 is 2.90 bits per heavy atom. The van der Waals surface area contributed by atoms with Gasteiger partial charge in [0.25, 0.3) is 5.56 Å². The number of carboxylic acids is 1. The number of hydrogen-bond donors (Lipinski definition) is 2. The molecule has 2 rings (SSSR count). The molecule has 0 atom stereocenters. The molecule has 0 saturated heterocycles. The number of thiophene rings is 1. The Labute approximate surface area is 120 Å². The normalized spacial score (nSPS) is 10.4. The first-order valence-electron chi connectivity index (χ1n) is 6.35. The standard InChI is InChI=1S/C14H16N2O3S/c1-2-5-16-8-11(3-4-13(16)17)15-7-12-6-10(9-20-12)14(18)19/h3-4,6,8-9,15H,2,5,7H2,1H3,(H,18,19). The SMILES string of the molecule is CCCn1cc(NCc2cc(C(=O)O)cs2)ccc1=O. The average molecular weight is 292 g/mol. The number of carboxylic acid groups (broad SMARTS) is 1. The van der Waals surface area contributed by atoms with Gasteiger partial charge in [-0.1, -0.05) is 6.92 Å². The summed E-state index contributed by atoms with van der Waals surface area (Å²) in [5, 5.41) is 13.7. The first-order chi connectivity index (χ1) is 9.60. The summed E-state index contributed by atoms with van der Waals surface area (Å²) < 4.78 is 1.67. The minimum atomic E-state index is -0.913. The minimum absolute atomic E-state index is 0.0123. The van der Waals surface area contributed by atoms with Gasteiger partial charge in [0.15, 0.2) is 0 Å². The number of anilines is 1. The summed E-state index contributed by atoms with van der Waals surface area (Å²) >= 11 is 1.40. The van der Waals surface area contributed by atoms with Crippen molar-refractivity contribution < 1.29 is 9.90 Å². The molecule has 5 nitrogen and oxygen atoms in total. The third-order valence-corrected chi connectivity index (χ3v) is 3.75. The largest absolute Gasteiger partial charge is 0.478 e. The molecule has 0 amide bonds. The lowest BCUT2D eigenvalue weighted by molar-refractivity contribution is 0.0697. The van der Waals surface area contributed by atoms with E-state index in [9.17, 15) is 9.59 Å². The minimum Gasteiger partial charge on any atom is -0.478 e. The molecule has 0 bridgehead atoms. The lowest BCUT2D eigenvalue weighted by Gasteiger charge is -2.08. The Bertz CT molecular complexity index is 660. The lowest BCUT2D eigenvalue weighted by Crippen LogP contribution is -2.18. The van der Waals surface area contributed by atoms with Crippen molar-refractivity contribution in [3.05, 3.63) is 50.6 Å². The van der Waals surface area contributed by atoms with Crippen molar-refractivity contribution in [3.63, 3.8) is 0 Å². The number of aromatic carboxylic acids is 1. The highest BCUT2D eigenvalue weighted by atomic mass is 32.1. The molecule has 0 radical (unpaired) electrons. The number of rotatable bonds is 6. The first kappa shape index (κ1) is 14.3. The quantitative estimate of drug-likeness (QED) is 0.858.